The number of nitrogens with zero attached hydrogens (tertiary/aromatic N) is 4. The molecule has 4 rings (SSSR count). The minimum Gasteiger partial charge on any atom is -0.485 e. The van der Waals surface area contributed by atoms with E-state index in [0.29, 0.717) is 10.9 Å². The van der Waals surface area contributed by atoms with Crippen LogP contribution < -0.4 is 9.75 Å². The number of ether oxygens (including phenoxy) is 1. The molecular formula is C19H14F4N4O2S. The molecule has 0 aliphatic carbocycles. The quantitative estimate of drug-likeness (QED) is 0.579. The van der Waals surface area contributed by atoms with Gasteiger partial charge in [0.2, 0.25) is 5.16 Å². The summed E-state index contributed by atoms with van der Waals surface area (Å²) in [6.45, 7) is 0.00933. The van der Waals surface area contributed by atoms with E-state index in [1.54, 1.807) is 6.07 Å². The molecule has 0 atom stereocenters. The highest BCUT2D eigenvalue weighted by Crippen LogP contribution is 2.33. The highest BCUT2D eigenvalue weighted by molar-refractivity contribution is 7.99. The van der Waals surface area contributed by atoms with Gasteiger partial charge in [0.1, 0.15) is 18.2 Å². The summed E-state index contributed by atoms with van der Waals surface area (Å²) >= 11 is 1.32. The molecule has 1 aliphatic heterocycles. The van der Waals surface area contributed by atoms with E-state index in [4.69, 9.17) is 4.74 Å². The highest BCUT2D eigenvalue weighted by Gasteiger charge is 2.37. The smallest absolute Gasteiger partial charge is 0.417 e. The molecule has 30 heavy (non-hydrogen) atoms. The number of hydrogen-bond acceptors (Lipinski definition) is 5. The monoisotopic (exact) mass is 438 g/mol. The molecule has 1 aliphatic rings. The van der Waals surface area contributed by atoms with Crippen molar-refractivity contribution in [1.29, 1.82) is 0 Å². The maximum atomic E-state index is 13.4. The van der Waals surface area contributed by atoms with Crippen LogP contribution in [-0.2, 0) is 12.8 Å². The summed E-state index contributed by atoms with van der Waals surface area (Å²) in [6, 6.07) is 10.1. The topological polar surface area (TPSA) is 60.3 Å². The molecule has 0 N–H and O–H groups in total. The molecule has 0 saturated heterocycles. The van der Waals surface area contributed by atoms with Crippen molar-refractivity contribution in [3.63, 3.8) is 0 Å². The Labute approximate surface area is 172 Å². The summed E-state index contributed by atoms with van der Waals surface area (Å²) in [5, 5.41) is 9.51. The van der Waals surface area contributed by atoms with Crippen LogP contribution in [0.1, 0.15) is 21.7 Å². The molecule has 3 aromatic rings. The van der Waals surface area contributed by atoms with Crippen LogP contribution in [-0.4, -0.2) is 33.1 Å². The Morgan fingerprint density at radius 2 is 1.93 bits per heavy atom. The number of carbonyl (C=O) groups excluding carboxylic acids is 1. The molecule has 2 heterocycles. The SMILES string of the molecule is O=C(c1ccccc1C(F)(F)F)N1CCSc2nnc(COc3cccc(F)c3)n21. The summed E-state index contributed by atoms with van der Waals surface area (Å²) in [5.74, 6) is -0.401. The second-order valence-corrected chi connectivity index (χ2v) is 7.34. The lowest BCUT2D eigenvalue weighted by atomic mass is 10.1. The van der Waals surface area contributed by atoms with Crippen LogP contribution in [0.15, 0.2) is 53.7 Å². The lowest BCUT2D eigenvalue weighted by Gasteiger charge is -2.29. The molecule has 0 unspecified atom stereocenters. The van der Waals surface area contributed by atoms with Crippen molar-refractivity contribution >= 4 is 17.7 Å². The molecule has 2 aromatic carbocycles. The van der Waals surface area contributed by atoms with Gasteiger partial charge in [-0.05, 0) is 24.3 Å². The Hall–Kier alpha value is -3.08. The molecule has 1 amide bonds. The molecule has 11 heteroatoms. The maximum Gasteiger partial charge on any atom is 0.417 e. The number of rotatable bonds is 4. The van der Waals surface area contributed by atoms with Crippen LogP contribution in [0.3, 0.4) is 0 Å². The zero-order valence-electron chi connectivity index (χ0n) is 15.3. The van der Waals surface area contributed by atoms with Crippen LogP contribution in [0.4, 0.5) is 17.6 Å². The van der Waals surface area contributed by atoms with E-state index >= 15 is 0 Å². The number of carbonyl (C=O) groups is 1. The molecule has 6 nitrogen and oxygen atoms in total. The number of halogens is 4. The van der Waals surface area contributed by atoms with Crippen LogP contribution in [0.2, 0.25) is 0 Å². The first-order chi connectivity index (χ1) is 14.3. The number of aromatic nitrogens is 3. The van der Waals surface area contributed by atoms with E-state index in [9.17, 15) is 22.4 Å². The van der Waals surface area contributed by atoms with Crippen molar-refractivity contribution in [2.75, 3.05) is 17.3 Å². The molecule has 1 aromatic heterocycles. The Morgan fingerprint density at radius 3 is 2.70 bits per heavy atom. The highest BCUT2D eigenvalue weighted by atomic mass is 32.2. The largest absolute Gasteiger partial charge is 0.485 e. The lowest BCUT2D eigenvalue weighted by Crippen LogP contribution is -2.46. The second-order valence-electron chi connectivity index (χ2n) is 6.28. The molecule has 0 spiro atoms. The van der Waals surface area contributed by atoms with Gasteiger partial charge in [-0.1, -0.05) is 30.0 Å². The lowest BCUT2D eigenvalue weighted by molar-refractivity contribution is -0.137. The van der Waals surface area contributed by atoms with Crippen LogP contribution in [0.25, 0.3) is 0 Å². The van der Waals surface area contributed by atoms with Crippen molar-refractivity contribution in [1.82, 2.24) is 14.9 Å². The Morgan fingerprint density at radius 1 is 1.13 bits per heavy atom. The normalized spacial score (nSPS) is 13.8. The van der Waals surface area contributed by atoms with Gasteiger partial charge in [0.25, 0.3) is 5.91 Å². The predicted molar refractivity (Wildman–Crippen MR) is 100 cm³/mol. The number of hydrogen-bond donors (Lipinski definition) is 0. The van der Waals surface area contributed by atoms with E-state index < -0.39 is 29.0 Å². The average molecular weight is 438 g/mol. The van der Waals surface area contributed by atoms with Gasteiger partial charge < -0.3 is 4.74 Å². The first-order valence-corrected chi connectivity index (χ1v) is 9.77. The summed E-state index contributed by atoms with van der Waals surface area (Å²) in [5.41, 5.74) is -1.48. The van der Waals surface area contributed by atoms with E-state index in [0.717, 1.165) is 12.1 Å². The van der Waals surface area contributed by atoms with E-state index in [1.807, 2.05) is 0 Å². The van der Waals surface area contributed by atoms with Crippen molar-refractivity contribution in [2.24, 2.45) is 0 Å². The maximum absolute atomic E-state index is 13.4. The standard InChI is InChI=1S/C19H14F4N4O2S/c20-12-4-3-5-13(10-12)29-11-16-24-25-18-27(16)26(8-9-30-18)17(28)14-6-1-2-7-15(14)19(21,22)23/h1-7,10H,8-9,11H2. The fraction of sp³-hybridized carbons (Fsp3) is 0.211. The van der Waals surface area contributed by atoms with Crippen molar-refractivity contribution in [3.05, 3.63) is 71.3 Å². The van der Waals surface area contributed by atoms with Crippen LogP contribution >= 0.6 is 11.8 Å². The summed E-state index contributed by atoms with van der Waals surface area (Å²) in [4.78, 5) is 13.0. The minimum absolute atomic E-state index is 0.151. The molecule has 0 radical (unpaired) electrons. The zero-order valence-corrected chi connectivity index (χ0v) is 16.1. The number of fused-ring (bicyclic) bond motifs is 1. The van der Waals surface area contributed by atoms with Crippen molar-refractivity contribution in [2.45, 2.75) is 17.9 Å². The van der Waals surface area contributed by atoms with Crippen molar-refractivity contribution < 1.29 is 27.1 Å². The van der Waals surface area contributed by atoms with Gasteiger partial charge in [0, 0.05) is 11.8 Å². The summed E-state index contributed by atoms with van der Waals surface area (Å²) in [7, 11) is 0. The van der Waals surface area contributed by atoms with Gasteiger partial charge in [-0.15, -0.1) is 10.2 Å². The second kappa shape index (κ2) is 7.98. The van der Waals surface area contributed by atoms with Gasteiger partial charge >= 0.3 is 6.18 Å². The summed E-state index contributed by atoms with van der Waals surface area (Å²) < 4.78 is 60.3. The first-order valence-electron chi connectivity index (χ1n) is 8.78. The summed E-state index contributed by atoms with van der Waals surface area (Å²) in [6.07, 6.45) is -4.67. The molecule has 156 valence electrons. The third-order valence-corrected chi connectivity index (χ3v) is 5.21. The number of amides is 1. The van der Waals surface area contributed by atoms with Gasteiger partial charge in [0.15, 0.2) is 5.82 Å². The molecule has 0 fully saturated rings. The number of thioether (sulfide) groups is 1. The van der Waals surface area contributed by atoms with E-state index in [1.165, 1.54) is 51.8 Å². The molecule has 0 bridgehead atoms. The van der Waals surface area contributed by atoms with E-state index in [2.05, 4.69) is 10.2 Å². The van der Waals surface area contributed by atoms with Gasteiger partial charge in [-0.3, -0.25) is 4.79 Å². The predicted octanol–water partition coefficient (Wildman–Crippen LogP) is 3.90. The zero-order chi connectivity index (χ0) is 21.3. The fourth-order valence-corrected chi connectivity index (χ4v) is 3.87. The average Bonchev–Trinajstić information content (AvgIpc) is 3.14. The Balaban J connectivity index is 1.64. The third-order valence-electron chi connectivity index (χ3n) is 4.31. The minimum atomic E-state index is -4.67. The van der Waals surface area contributed by atoms with Crippen LogP contribution in [0.5, 0.6) is 5.75 Å². The van der Waals surface area contributed by atoms with Gasteiger partial charge in [0.05, 0.1) is 17.7 Å². The Kier molecular flexibility index (Phi) is 5.37. The number of alkyl halides is 3. The molecular weight excluding hydrogens is 424 g/mol. The van der Waals surface area contributed by atoms with Gasteiger partial charge in [-0.2, -0.15) is 13.2 Å². The first kappa shape index (κ1) is 20.2. The fourth-order valence-electron chi connectivity index (χ4n) is 2.99. The van der Waals surface area contributed by atoms with Crippen LogP contribution in [0, 0.1) is 5.82 Å². The Bertz CT molecular complexity index is 1090. The molecule has 0 saturated carbocycles. The van der Waals surface area contributed by atoms with E-state index in [-0.39, 0.29) is 24.7 Å². The number of benzene rings is 2. The third kappa shape index (κ3) is 3.97. The van der Waals surface area contributed by atoms with Gasteiger partial charge in [-0.25, -0.2) is 14.1 Å². The van der Waals surface area contributed by atoms with Crippen molar-refractivity contribution in [3.8, 4) is 5.75 Å².